The van der Waals surface area contributed by atoms with Crippen LogP contribution in [0.15, 0.2) is 11.6 Å². The first-order valence-corrected chi connectivity index (χ1v) is 17.4. The Morgan fingerprint density at radius 3 is 2.54 bits per heavy atom. The summed E-state index contributed by atoms with van der Waals surface area (Å²) in [5.74, 6) is 4.02. The normalized spacial score (nSPS) is 37.3. The van der Waals surface area contributed by atoms with E-state index in [9.17, 15) is 9.59 Å². The lowest BCUT2D eigenvalue weighted by atomic mass is 9.47. The number of carbonyl (C=O) groups excluding carboxylic acids is 2. The molecule has 5 nitrogen and oxygen atoms in total. The Balaban J connectivity index is 1.44. The lowest BCUT2D eigenvalue weighted by Gasteiger charge is -2.58. The van der Waals surface area contributed by atoms with E-state index in [0.717, 1.165) is 55.3 Å². The van der Waals surface area contributed by atoms with Gasteiger partial charge in [0.2, 0.25) is 0 Å². The predicted molar refractivity (Wildman–Crippen MR) is 173 cm³/mol. The fourth-order valence-electron chi connectivity index (χ4n) is 9.59. The third-order valence-electron chi connectivity index (χ3n) is 11.7. The average Bonchev–Trinajstić information content (AvgIpc) is 3.27. The van der Waals surface area contributed by atoms with Crippen LogP contribution in [0.5, 0.6) is 0 Å². The summed E-state index contributed by atoms with van der Waals surface area (Å²) >= 11 is 14.4. The number of esters is 1. The summed E-state index contributed by atoms with van der Waals surface area (Å²) in [6.07, 6.45) is 14.8. The molecule has 4 aliphatic rings. The van der Waals surface area contributed by atoms with Crippen LogP contribution in [0.4, 0.5) is 0 Å². The molecule has 0 radical (unpaired) electrons. The zero-order chi connectivity index (χ0) is 30.2. The molecule has 8 heteroatoms. The molecule has 4 aliphatic carbocycles. The highest BCUT2D eigenvalue weighted by atomic mass is 35.5. The van der Waals surface area contributed by atoms with Gasteiger partial charge in [-0.2, -0.15) is 25.3 Å². The molecule has 3 fully saturated rings. The summed E-state index contributed by atoms with van der Waals surface area (Å²) in [6.45, 7) is 12.2. The SMILES string of the molecule is CC(C)CCC[C@@H](C)[C@H]1CC[C@H]2[C@@H]3CC=C4C[C@@H](OC(C(=O)OCC(N)Cl)C(S)(S)C=O)CC[C@]4(C)[C@H]3CC[C@]12C. The molecular formula is C33H54ClNO4S2. The van der Waals surface area contributed by atoms with Crippen molar-refractivity contribution in [3.8, 4) is 0 Å². The number of nitrogens with two attached hydrogens (primary N) is 1. The van der Waals surface area contributed by atoms with E-state index in [-0.39, 0.29) is 18.1 Å². The number of thiol groups is 2. The Bertz CT molecular complexity index is 973. The van der Waals surface area contributed by atoms with E-state index in [1.54, 1.807) is 0 Å². The highest BCUT2D eigenvalue weighted by Gasteiger charge is 2.59. The number of hydrogen-bond acceptors (Lipinski definition) is 7. The monoisotopic (exact) mass is 627 g/mol. The lowest BCUT2D eigenvalue weighted by Crippen LogP contribution is -2.52. The summed E-state index contributed by atoms with van der Waals surface area (Å²) in [6, 6.07) is 0. The smallest absolute Gasteiger partial charge is 0.338 e. The van der Waals surface area contributed by atoms with Crippen LogP contribution in [0.1, 0.15) is 105 Å². The van der Waals surface area contributed by atoms with E-state index < -0.39 is 21.7 Å². The number of fused-ring (bicyclic) bond motifs is 5. The minimum Gasteiger partial charge on any atom is -0.461 e. The second kappa shape index (κ2) is 13.4. The Morgan fingerprint density at radius 2 is 1.88 bits per heavy atom. The Labute approximate surface area is 264 Å². The molecule has 0 aromatic carbocycles. The maximum absolute atomic E-state index is 12.8. The van der Waals surface area contributed by atoms with Crippen LogP contribution < -0.4 is 5.73 Å². The molecule has 3 saturated carbocycles. The lowest BCUT2D eigenvalue weighted by molar-refractivity contribution is -0.164. The van der Waals surface area contributed by atoms with Gasteiger partial charge in [0.05, 0.1) is 6.10 Å². The number of aldehydes is 1. The van der Waals surface area contributed by atoms with Crippen LogP contribution >= 0.6 is 36.9 Å². The third kappa shape index (κ3) is 7.05. The molecule has 0 amide bonds. The van der Waals surface area contributed by atoms with Crippen molar-refractivity contribution in [3.63, 3.8) is 0 Å². The fraction of sp³-hybridized carbons (Fsp3) is 0.879. The summed E-state index contributed by atoms with van der Waals surface area (Å²) in [4.78, 5) is 24.6. The number of hydrogen-bond donors (Lipinski definition) is 3. The number of rotatable bonds is 12. The Morgan fingerprint density at radius 1 is 1.15 bits per heavy atom. The van der Waals surface area contributed by atoms with E-state index in [2.05, 4.69) is 66.0 Å². The van der Waals surface area contributed by atoms with Crippen molar-refractivity contribution >= 4 is 49.1 Å². The van der Waals surface area contributed by atoms with Crippen molar-refractivity contribution in [3.05, 3.63) is 11.6 Å². The highest BCUT2D eigenvalue weighted by Crippen LogP contribution is 2.67. The van der Waals surface area contributed by atoms with Crippen molar-refractivity contribution in [1.82, 2.24) is 0 Å². The van der Waals surface area contributed by atoms with Crippen LogP contribution in [0.25, 0.3) is 0 Å². The van der Waals surface area contributed by atoms with E-state index in [1.165, 1.54) is 50.5 Å². The average molecular weight is 628 g/mol. The van der Waals surface area contributed by atoms with E-state index in [4.69, 9.17) is 26.8 Å². The van der Waals surface area contributed by atoms with E-state index in [0.29, 0.717) is 17.6 Å². The van der Waals surface area contributed by atoms with Gasteiger partial charge in [-0.15, -0.1) is 11.6 Å². The summed E-state index contributed by atoms with van der Waals surface area (Å²) in [7, 11) is 0. The zero-order valence-corrected chi connectivity index (χ0v) is 28.4. The number of halogens is 1. The molecule has 2 N–H and O–H groups in total. The van der Waals surface area contributed by atoms with Crippen molar-refractivity contribution < 1.29 is 19.1 Å². The second-order valence-corrected chi connectivity index (χ2v) is 17.1. The molecule has 234 valence electrons. The van der Waals surface area contributed by atoms with Crippen LogP contribution in [0.2, 0.25) is 0 Å². The number of alkyl halides is 1. The second-order valence-electron chi connectivity index (χ2n) is 14.7. The molecule has 0 aromatic rings. The predicted octanol–water partition coefficient (Wildman–Crippen LogP) is 7.60. The maximum Gasteiger partial charge on any atom is 0.338 e. The van der Waals surface area contributed by atoms with Crippen molar-refractivity contribution in [2.75, 3.05) is 6.61 Å². The molecule has 2 unspecified atom stereocenters. The number of carbonyl (C=O) groups is 2. The molecule has 0 saturated heterocycles. The Kier molecular flexibility index (Phi) is 11.0. The van der Waals surface area contributed by atoms with Gasteiger partial charge in [-0.1, -0.05) is 65.5 Å². The topological polar surface area (TPSA) is 78.6 Å². The van der Waals surface area contributed by atoms with Crippen LogP contribution in [-0.2, 0) is 19.1 Å². The zero-order valence-electron chi connectivity index (χ0n) is 25.8. The van der Waals surface area contributed by atoms with Gasteiger partial charge >= 0.3 is 5.97 Å². The first kappa shape index (κ1) is 33.7. The summed E-state index contributed by atoms with van der Waals surface area (Å²) in [5.41, 5.74) is 6.79. The summed E-state index contributed by atoms with van der Waals surface area (Å²) in [5, 5.41) is 0. The van der Waals surface area contributed by atoms with Crippen molar-refractivity contribution in [1.29, 1.82) is 0 Å². The highest BCUT2D eigenvalue weighted by molar-refractivity contribution is 8.02. The van der Waals surface area contributed by atoms with Gasteiger partial charge in [0.25, 0.3) is 0 Å². The van der Waals surface area contributed by atoms with Gasteiger partial charge in [0.1, 0.15) is 22.5 Å². The molecule has 4 rings (SSSR count). The molecule has 0 bridgehead atoms. The minimum atomic E-state index is -1.61. The van der Waals surface area contributed by atoms with Gasteiger partial charge in [-0.25, -0.2) is 4.79 Å². The van der Waals surface area contributed by atoms with Crippen molar-refractivity contribution in [2.24, 2.45) is 52.1 Å². The van der Waals surface area contributed by atoms with Crippen LogP contribution in [0, 0.1) is 46.3 Å². The first-order chi connectivity index (χ1) is 19.2. The third-order valence-corrected chi connectivity index (χ3v) is 12.6. The molecule has 41 heavy (non-hydrogen) atoms. The molecule has 0 aliphatic heterocycles. The van der Waals surface area contributed by atoms with E-state index >= 15 is 0 Å². The molecule has 0 heterocycles. The van der Waals surface area contributed by atoms with Crippen molar-refractivity contribution in [2.45, 2.75) is 127 Å². The largest absolute Gasteiger partial charge is 0.461 e. The van der Waals surface area contributed by atoms with Crippen LogP contribution in [0.3, 0.4) is 0 Å². The molecule has 10 atom stereocenters. The standard InChI is InChI=1S/C33H54ClNO4S2/c1-20(2)7-6-8-21(3)25-11-12-26-24-10-9-22-17-23(13-15-31(22,4)27(24)14-16-32(25,26)5)39-29(33(40,41)19-36)30(37)38-18-28(34)35/h9,19-21,23-29,40-41H,6-8,10-18,35H2,1-5H3/t21-,23+,24+,25-,26+,27+,28?,29?,31+,32-/m1/s1. The maximum atomic E-state index is 12.8. The van der Waals surface area contributed by atoms with Gasteiger partial charge in [0.15, 0.2) is 6.10 Å². The number of allylic oxidation sites excluding steroid dienone is 1. The van der Waals surface area contributed by atoms with Gasteiger partial charge in [0, 0.05) is 0 Å². The molecule has 0 spiro atoms. The molecule has 0 aromatic heterocycles. The van der Waals surface area contributed by atoms with Gasteiger partial charge in [-0.05, 0) is 97.7 Å². The minimum absolute atomic E-state index is 0.163. The Hall–Kier alpha value is -0.210. The van der Waals surface area contributed by atoms with E-state index in [1.807, 2.05) is 0 Å². The fourth-order valence-corrected chi connectivity index (χ4v) is 9.98. The van der Waals surface area contributed by atoms with Gasteiger partial charge in [-0.3, -0.25) is 0 Å². The number of ether oxygens (including phenoxy) is 2. The van der Waals surface area contributed by atoms with Crippen LogP contribution in [-0.4, -0.2) is 40.7 Å². The summed E-state index contributed by atoms with van der Waals surface area (Å²) < 4.78 is 9.86. The molecular weight excluding hydrogens is 574 g/mol. The van der Waals surface area contributed by atoms with Gasteiger partial charge < -0.3 is 20.0 Å². The quantitative estimate of drug-likeness (QED) is 0.0395. The first-order valence-electron chi connectivity index (χ1n) is 16.0.